The first kappa shape index (κ1) is 34.0. The summed E-state index contributed by atoms with van der Waals surface area (Å²) in [6.45, 7) is 3.68. The Morgan fingerprint density at radius 2 is 1.60 bits per heavy atom. The summed E-state index contributed by atoms with van der Waals surface area (Å²) < 4.78 is 39.8. The van der Waals surface area contributed by atoms with E-state index < -0.39 is 28.5 Å². The number of benzene rings is 3. The maximum atomic E-state index is 14.2. The van der Waals surface area contributed by atoms with Gasteiger partial charge in [-0.3, -0.25) is 13.9 Å². The summed E-state index contributed by atoms with van der Waals surface area (Å²) in [7, 11) is -1.48. The standard InChI is InChI=1S/C31H37Cl2N3O6S/c1-5-7-18-34-31(38)27(6-2)35(20-22-10-8-9-11-26(22)33)30(37)21-36(24-14-12-23(32)13-15-24)43(39,40)25-16-17-28(41-3)29(19-25)42-4/h8-17,19,27H,5-7,18,20-21H2,1-4H3,(H,34,38)/t27-/m0/s1. The molecule has 0 unspecified atom stereocenters. The van der Waals surface area contributed by atoms with Gasteiger partial charge in [-0.2, -0.15) is 0 Å². The molecule has 3 aromatic carbocycles. The van der Waals surface area contributed by atoms with Crippen LogP contribution in [0.4, 0.5) is 5.69 Å². The maximum Gasteiger partial charge on any atom is 0.264 e. The van der Waals surface area contributed by atoms with E-state index in [-0.39, 0.29) is 28.8 Å². The van der Waals surface area contributed by atoms with Gasteiger partial charge in [0.1, 0.15) is 12.6 Å². The molecule has 3 rings (SSSR count). The molecule has 0 saturated heterocycles. The molecule has 0 saturated carbocycles. The molecule has 2 amide bonds. The molecule has 43 heavy (non-hydrogen) atoms. The zero-order valence-corrected chi connectivity index (χ0v) is 27.0. The van der Waals surface area contributed by atoms with Gasteiger partial charge in [0, 0.05) is 29.2 Å². The molecule has 232 valence electrons. The van der Waals surface area contributed by atoms with Gasteiger partial charge in [0.15, 0.2) is 11.5 Å². The van der Waals surface area contributed by atoms with Crippen LogP contribution in [0.2, 0.25) is 10.0 Å². The zero-order valence-electron chi connectivity index (χ0n) is 24.7. The van der Waals surface area contributed by atoms with Crippen molar-refractivity contribution < 1.29 is 27.5 Å². The fourth-order valence-electron chi connectivity index (χ4n) is 4.48. The second-order valence-electron chi connectivity index (χ2n) is 9.69. The average molecular weight is 651 g/mol. The molecule has 12 heteroatoms. The van der Waals surface area contributed by atoms with Gasteiger partial charge in [0.2, 0.25) is 11.8 Å². The highest BCUT2D eigenvalue weighted by Gasteiger charge is 2.34. The Morgan fingerprint density at radius 1 is 0.930 bits per heavy atom. The van der Waals surface area contributed by atoms with Gasteiger partial charge in [-0.25, -0.2) is 8.42 Å². The van der Waals surface area contributed by atoms with Crippen molar-refractivity contribution in [3.05, 3.63) is 82.3 Å². The highest BCUT2D eigenvalue weighted by atomic mass is 35.5. The zero-order chi connectivity index (χ0) is 31.6. The molecule has 0 radical (unpaired) electrons. The highest BCUT2D eigenvalue weighted by molar-refractivity contribution is 7.92. The van der Waals surface area contributed by atoms with Crippen LogP contribution in [-0.2, 0) is 26.2 Å². The van der Waals surface area contributed by atoms with E-state index in [1.165, 1.54) is 61.6 Å². The number of halogens is 2. The van der Waals surface area contributed by atoms with Crippen LogP contribution in [0.1, 0.15) is 38.7 Å². The SMILES string of the molecule is CCCCNC(=O)[C@H](CC)N(Cc1ccccc1Cl)C(=O)CN(c1ccc(Cl)cc1)S(=O)(=O)c1ccc(OC)c(OC)c1. The van der Waals surface area contributed by atoms with E-state index in [4.69, 9.17) is 32.7 Å². The third kappa shape index (κ3) is 8.55. The van der Waals surface area contributed by atoms with Crippen LogP contribution in [0.25, 0.3) is 0 Å². The molecule has 0 aromatic heterocycles. The topological polar surface area (TPSA) is 105 Å². The summed E-state index contributed by atoms with van der Waals surface area (Å²) in [6, 6.07) is 16.4. The fraction of sp³-hybridized carbons (Fsp3) is 0.355. The van der Waals surface area contributed by atoms with Gasteiger partial charge in [0.05, 0.1) is 24.8 Å². The van der Waals surface area contributed by atoms with Crippen molar-refractivity contribution in [2.24, 2.45) is 0 Å². The van der Waals surface area contributed by atoms with Crippen molar-refractivity contribution >= 4 is 50.7 Å². The molecule has 3 aromatic rings. The Bertz CT molecular complexity index is 1500. The van der Waals surface area contributed by atoms with Gasteiger partial charge in [-0.1, -0.05) is 61.7 Å². The Morgan fingerprint density at radius 3 is 2.21 bits per heavy atom. The number of hydrogen-bond acceptors (Lipinski definition) is 6. The van der Waals surface area contributed by atoms with Crippen LogP contribution in [0, 0.1) is 0 Å². The lowest BCUT2D eigenvalue weighted by molar-refractivity contribution is -0.140. The molecule has 1 atom stereocenters. The van der Waals surface area contributed by atoms with Gasteiger partial charge < -0.3 is 19.7 Å². The molecular weight excluding hydrogens is 613 g/mol. The Labute approximate surface area is 263 Å². The third-order valence-electron chi connectivity index (χ3n) is 6.85. The number of nitrogens with zero attached hydrogens (tertiary/aromatic N) is 2. The summed E-state index contributed by atoms with van der Waals surface area (Å²) in [4.78, 5) is 28.7. The minimum Gasteiger partial charge on any atom is -0.493 e. The second-order valence-corrected chi connectivity index (χ2v) is 12.4. The minimum atomic E-state index is -4.32. The van der Waals surface area contributed by atoms with E-state index >= 15 is 0 Å². The fourth-order valence-corrected chi connectivity index (χ4v) is 6.23. The number of unbranched alkanes of at least 4 members (excludes halogenated alkanes) is 1. The molecule has 0 bridgehead atoms. The number of carbonyl (C=O) groups is 2. The van der Waals surface area contributed by atoms with Crippen molar-refractivity contribution in [1.82, 2.24) is 10.2 Å². The number of nitrogens with one attached hydrogen (secondary N) is 1. The average Bonchev–Trinajstić information content (AvgIpc) is 3.00. The van der Waals surface area contributed by atoms with Crippen LogP contribution < -0.4 is 19.1 Å². The first-order valence-corrected chi connectivity index (χ1v) is 16.1. The quantitative estimate of drug-likeness (QED) is 0.205. The van der Waals surface area contributed by atoms with Crippen molar-refractivity contribution in [2.75, 3.05) is 31.6 Å². The predicted molar refractivity (Wildman–Crippen MR) is 170 cm³/mol. The number of ether oxygens (including phenoxy) is 2. The Balaban J connectivity index is 2.08. The van der Waals surface area contributed by atoms with E-state index in [1.54, 1.807) is 31.2 Å². The minimum absolute atomic E-state index is 0.00305. The monoisotopic (exact) mass is 649 g/mol. The van der Waals surface area contributed by atoms with Crippen LogP contribution in [-0.4, -0.2) is 58.5 Å². The molecular formula is C31H37Cl2N3O6S. The molecule has 0 aliphatic heterocycles. The maximum absolute atomic E-state index is 14.2. The normalized spacial score (nSPS) is 11.9. The number of methoxy groups -OCH3 is 2. The highest BCUT2D eigenvalue weighted by Crippen LogP contribution is 2.33. The number of hydrogen-bond donors (Lipinski definition) is 1. The van der Waals surface area contributed by atoms with Gasteiger partial charge in [-0.15, -0.1) is 0 Å². The third-order valence-corrected chi connectivity index (χ3v) is 9.24. The number of sulfonamides is 1. The van der Waals surface area contributed by atoms with E-state index in [0.717, 1.165) is 17.1 Å². The van der Waals surface area contributed by atoms with Crippen molar-refractivity contribution in [3.8, 4) is 11.5 Å². The van der Waals surface area contributed by atoms with Gasteiger partial charge >= 0.3 is 0 Å². The molecule has 0 aliphatic rings. The summed E-state index contributed by atoms with van der Waals surface area (Å²) in [5.41, 5.74) is 0.837. The molecule has 0 aliphatic carbocycles. The number of amides is 2. The van der Waals surface area contributed by atoms with Gasteiger partial charge in [-0.05, 0) is 60.9 Å². The molecule has 0 spiro atoms. The summed E-state index contributed by atoms with van der Waals surface area (Å²) in [6.07, 6.45) is 1.98. The van der Waals surface area contributed by atoms with Crippen molar-refractivity contribution in [2.45, 2.75) is 50.6 Å². The first-order chi connectivity index (χ1) is 20.6. The molecule has 0 heterocycles. The van der Waals surface area contributed by atoms with Crippen molar-refractivity contribution in [3.63, 3.8) is 0 Å². The molecule has 1 N–H and O–H groups in total. The Hall–Kier alpha value is -3.47. The largest absolute Gasteiger partial charge is 0.493 e. The predicted octanol–water partition coefficient (Wildman–Crippen LogP) is 5.93. The lowest BCUT2D eigenvalue weighted by Gasteiger charge is -2.33. The summed E-state index contributed by atoms with van der Waals surface area (Å²) in [5.74, 6) is -0.351. The van der Waals surface area contributed by atoms with Crippen LogP contribution >= 0.6 is 23.2 Å². The number of carbonyl (C=O) groups excluding carboxylic acids is 2. The molecule has 9 nitrogen and oxygen atoms in total. The van der Waals surface area contributed by atoms with Gasteiger partial charge in [0.25, 0.3) is 10.0 Å². The lowest BCUT2D eigenvalue weighted by atomic mass is 10.1. The first-order valence-electron chi connectivity index (χ1n) is 13.9. The number of anilines is 1. The van der Waals surface area contributed by atoms with E-state index in [0.29, 0.717) is 34.3 Å². The van der Waals surface area contributed by atoms with Crippen LogP contribution in [0.15, 0.2) is 71.6 Å². The Kier molecular flexibility index (Phi) is 12.5. The van der Waals surface area contributed by atoms with E-state index in [2.05, 4.69) is 5.32 Å². The van der Waals surface area contributed by atoms with E-state index in [9.17, 15) is 18.0 Å². The summed E-state index contributed by atoms with van der Waals surface area (Å²) >= 11 is 12.5. The lowest BCUT2D eigenvalue weighted by Crippen LogP contribution is -2.52. The smallest absolute Gasteiger partial charge is 0.264 e. The molecule has 0 fully saturated rings. The number of rotatable bonds is 15. The second kappa shape index (κ2) is 15.8. The van der Waals surface area contributed by atoms with Crippen LogP contribution in [0.5, 0.6) is 11.5 Å². The summed E-state index contributed by atoms with van der Waals surface area (Å²) in [5, 5.41) is 3.73. The van der Waals surface area contributed by atoms with E-state index in [1.807, 2.05) is 6.92 Å². The van der Waals surface area contributed by atoms with Crippen LogP contribution in [0.3, 0.4) is 0 Å². The van der Waals surface area contributed by atoms with Crippen molar-refractivity contribution in [1.29, 1.82) is 0 Å².